The van der Waals surface area contributed by atoms with E-state index < -0.39 is 0 Å². The van der Waals surface area contributed by atoms with E-state index in [-0.39, 0.29) is 11.6 Å². The van der Waals surface area contributed by atoms with E-state index in [2.05, 4.69) is 18.2 Å². The first-order chi connectivity index (χ1) is 10.1. The number of nitrogens with zero attached hydrogens (tertiary/aromatic N) is 4. The van der Waals surface area contributed by atoms with Gasteiger partial charge in [0.25, 0.3) is 5.56 Å². The second kappa shape index (κ2) is 8.89. The third kappa shape index (κ3) is 3.92. The van der Waals surface area contributed by atoms with Crippen LogP contribution in [0.25, 0.3) is 10.8 Å². The summed E-state index contributed by atoms with van der Waals surface area (Å²) < 4.78 is 1.71. The van der Waals surface area contributed by atoms with Gasteiger partial charge in [0, 0.05) is 36.3 Å². The molecule has 0 aliphatic rings. The second-order valence-electron chi connectivity index (χ2n) is 4.21. The van der Waals surface area contributed by atoms with Gasteiger partial charge in [-0.2, -0.15) is 5.10 Å². The second-order valence-corrected chi connectivity index (χ2v) is 4.21. The number of fused-ring (bicyclic) bond motifs is 1. The molecule has 0 aliphatic carbocycles. The molecule has 2 rings (SSSR count). The minimum absolute atomic E-state index is 0.0183. The third-order valence-electron chi connectivity index (χ3n) is 2.78. The van der Waals surface area contributed by atoms with Gasteiger partial charge in [-0.25, -0.2) is 10.5 Å². The Balaban J connectivity index is 0.000000921. The van der Waals surface area contributed by atoms with Crippen molar-refractivity contribution in [3.8, 4) is 13.1 Å². The molecule has 21 heavy (non-hydrogen) atoms. The van der Waals surface area contributed by atoms with E-state index in [1.54, 1.807) is 10.8 Å². The molecule has 0 bridgehead atoms. The van der Waals surface area contributed by atoms with Crippen molar-refractivity contribution >= 4 is 17.0 Å². The van der Waals surface area contributed by atoms with Crippen LogP contribution in [0.3, 0.4) is 0 Å². The van der Waals surface area contributed by atoms with Crippen LogP contribution in [0.4, 0.5) is 0 Å². The van der Waals surface area contributed by atoms with Crippen LogP contribution in [0.5, 0.6) is 0 Å². The van der Waals surface area contributed by atoms with E-state index in [1.165, 1.54) is 0 Å². The van der Waals surface area contributed by atoms with Gasteiger partial charge in [-0.05, 0) is 31.4 Å². The van der Waals surface area contributed by atoms with Crippen LogP contribution in [0.2, 0.25) is 0 Å². The van der Waals surface area contributed by atoms with Crippen molar-refractivity contribution in [2.24, 2.45) is 10.9 Å². The van der Waals surface area contributed by atoms with Crippen molar-refractivity contribution in [2.45, 2.75) is 19.9 Å². The molecule has 2 N–H and O–H groups in total. The Labute approximate surface area is 123 Å². The van der Waals surface area contributed by atoms with Gasteiger partial charge >= 0.3 is 0 Å². The standard InChI is InChI=1S/C13H15N3O.2CHN/c1-9(2)16-7-6-11-10(8-15-14)4-3-5-12(11)13(16)17;2*1-2/h3-9H,14H2,1-2H3;2*1H. The fraction of sp³-hybridized carbons (Fsp3) is 0.200. The number of hydrazone groups is 1. The number of rotatable bonds is 2. The molecule has 0 amide bonds. The monoisotopic (exact) mass is 283 g/mol. The Morgan fingerprint density at radius 3 is 2.33 bits per heavy atom. The highest BCUT2D eigenvalue weighted by Gasteiger charge is 2.06. The van der Waals surface area contributed by atoms with Gasteiger partial charge in [-0.1, -0.05) is 12.1 Å². The highest BCUT2D eigenvalue weighted by molar-refractivity contribution is 5.99. The van der Waals surface area contributed by atoms with Gasteiger partial charge in [0.05, 0.1) is 6.21 Å². The summed E-state index contributed by atoms with van der Waals surface area (Å²) in [5.41, 5.74) is 0.878. The lowest BCUT2D eigenvalue weighted by Gasteiger charge is -2.11. The first-order valence-electron chi connectivity index (χ1n) is 6.04. The first kappa shape index (κ1) is 17.9. The molecule has 0 atom stereocenters. The lowest BCUT2D eigenvalue weighted by atomic mass is 10.1. The van der Waals surface area contributed by atoms with Crippen molar-refractivity contribution in [3.05, 3.63) is 46.4 Å². The minimum Gasteiger partial charge on any atom is -0.323 e. The SMILES string of the molecule is C#N.C#N.CC(C)n1ccc2c(C=NN)cccc2c1=O. The Kier molecular flexibility index (Phi) is 7.57. The zero-order chi connectivity index (χ0) is 16.4. The maximum atomic E-state index is 12.2. The number of benzene rings is 1. The summed E-state index contributed by atoms with van der Waals surface area (Å²) in [4.78, 5) is 12.2. The number of aromatic nitrogens is 1. The highest BCUT2D eigenvalue weighted by atomic mass is 16.1. The van der Waals surface area contributed by atoms with Crippen molar-refractivity contribution in [2.75, 3.05) is 0 Å². The fourth-order valence-corrected chi connectivity index (χ4v) is 1.92. The Morgan fingerprint density at radius 1 is 1.19 bits per heavy atom. The normalized spacial score (nSPS) is 9.67. The zero-order valence-corrected chi connectivity index (χ0v) is 12.0. The largest absolute Gasteiger partial charge is 0.323 e. The zero-order valence-electron chi connectivity index (χ0n) is 12.0. The van der Waals surface area contributed by atoms with E-state index in [0.717, 1.165) is 10.9 Å². The highest BCUT2D eigenvalue weighted by Crippen LogP contribution is 2.15. The topological polar surface area (TPSA) is 108 Å². The number of nitrogens with two attached hydrogens (primary N) is 1. The molecule has 0 fully saturated rings. The molecule has 6 heteroatoms. The van der Waals surface area contributed by atoms with Gasteiger partial charge in [0.15, 0.2) is 0 Å². The van der Waals surface area contributed by atoms with Crippen molar-refractivity contribution in [3.63, 3.8) is 0 Å². The fourth-order valence-electron chi connectivity index (χ4n) is 1.92. The van der Waals surface area contributed by atoms with Crippen LogP contribution >= 0.6 is 0 Å². The summed E-state index contributed by atoms with van der Waals surface area (Å²) in [7, 11) is 0. The molecule has 0 aliphatic heterocycles. The number of hydrogen-bond acceptors (Lipinski definition) is 5. The Hall–Kier alpha value is -3.12. The van der Waals surface area contributed by atoms with E-state index >= 15 is 0 Å². The van der Waals surface area contributed by atoms with Crippen molar-refractivity contribution in [1.82, 2.24) is 4.57 Å². The summed E-state index contributed by atoms with van der Waals surface area (Å²) in [5.74, 6) is 5.15. The van der Waals surface area contributed by atoms with Crippen molar-refractivity contribution in [1.29, 1.82) is 10.5 Å². The van der Waals surface area contributed by atoms with Gasteiger partial charge in [0.2, 0.25) is 0 Å². The molecular formula is C15H17N5O. The molecule has 0 saturated heterocycles. The number of hydrogen-bond donors (Lipinski definition) is 1. The quantitative estimate of drug-likeness (QED) is 0.517. The van der Waals surface area contributed by atoms with E-state index in [0.29, 0.717) is 5.39 Å². The van der Waals surface area contributed by atoms with Crippen LogP contribution in [0.15, 0.2) is 40.4 Å². The van der Waals surface area contributed by atoms with Gasteiger partial charge in [-0.15, -0.1) is 0 Å². The predicted molar refractivity (Wildman–Crippen MR) is 83.7 cm³/mol. The van der Waals surface area contributed by atoms with Crippen LogP contribution in [0, 0.1) is 23.7 Å². The summed E-state index contributed by atoms with van der Waals surface area (Å²) in [6, 6.07) is 7.63. The average molecular weight is 283 g/mol. The van der Waals surface area contributed by atoms with E-state index in [1.807, 2.05) is 44.3 Å². The van der Waals surface area contributed by atoms with Crippen LogP contribution in [0.1, 0.15) is 25.5 Å². The molecule has 6 nitrogen and oxygen atoms in total. The molecule has 0 spiro atoms. The lowest BCUT2D eigenvalue weighted by molar-refractivity contribution is 0.583. The lowest BCUT2D eigenvalue weighted by Crippen LogP contribution is -2.21. The molecule has 1 heterocycles. The first-order valence-corrected chi connectivity index (χ1v) is 6.04. The molecule has 0 saturated carbocycles. The number of nitriles is 2. The molecule has 0 radical (unpaired) electrons. The molecule has 1 aromatic heterocycles. The molecule has 1 aromatic carbocycles. The van der Waals surface area contributed by atoms with Crippen molar-refractivity contribution < 1.29 is 0 Å². The van der Waals surface area contributed by atoms with Crippen LogP contribution < -0.4 is 11.4 Å². The summed E-state index contributed by atoms with van der Waals surface area (Å²) in [5, 5.41) is 18.1. The van der Waals surface area contributed by atoms with E-state index in [4.69, 9.17) is 16.4 Å². The molecule has 108 valence electrons. The van der Waals surface area contributed by atoms with Gasteiger partial charge in [-0.3, -0.25) is 4.79 Å². The summed E-state index contributed by atoms with van der Waals surface area (Å²) in [6.45, 7) is 11.0. The van der Waals surface area contributed by atoms with Crippen LogP contribution in [-0.4, -0.2) is 10.8 Å². The molecular weight excluding hydrogens is 266 g/mol. The Morgan fingerprint density at radius 2 is 1.81 bits per heavy atom. The molecule has 0 unspecified atom stereocenters. The maximum absolute atomic E-state index is 12.2. The van der Waals surface area contributed by atoms with Crippen LogP contribution in [-0.2, 0) is 0 Å². The van der Waals surface area contributed by atoms with Gasteiger partial charge < -0.3 is 10.4 Å². The summed E-state index contributed by atoms with van der Waals surface area (Å²) >= 11 is 0. The third-order valence-corrected chi connectivity index (χ3v) is 2.78. The minimum atomic E-state index is 0.0183. The Bertz CT molecular complexity index is 704. The van der Waals surface area contributed by atoms with Gasteiger partial charge in [0.1, 0.15) is 0 Å². The maximum Gasteiger partial charge on any atom is 0.258 e. The van der Waals surface area contributed by atoms with E-state index in [9.17, 15) is 4.79 Å². The predicted octanol–water partition coefficient (Wildman–Crippen LogP) is 2.15. The smallest absolute Gasteiger partial charge is 0.258 e. The average Bonchev–Trinajstić information content (AvgIpc) is 2.52. The molecule has 2 aromatic rings. The summed E-state index contributed by atoms with van der Waals surface area (Å²) in [6.07, 6.45) is 3.37. The number of pyridine rings is 1.